The summed E-state index contributed by atoms with van der Waals surface area (Å²) in [6, 6.07) is 19.8. The van der Waals surface area contributed by atoms with Gasteiger partial charge in [0.05, 0.1) is 0 Å². The van der Waals surface area contributed by atoms with Gasteiger partial charge in [-0.15, -0.1) is 0 Å². The van der Waals surface area contributed by atoms with Gasteiger partial charge in [0.1, 0.15) is 6.04 Å². The van der Waals surface area contributed by atoms with E-state index in [2.05, 4.69) is 31.3 Å². The number of hydrogen-bond donors (Lipinski definition) is 1. The number of carbonyl (C=O) groups is 1. The number of likely N-dealkylation sites (N-methyl/N-ethyl adjacent to an activating group) is 1. The Morgan fingerprint density at radius 2 is 1.52 bits per heavy atom. The van der Waals surface area contributed by atoms with Crippen LogP contribution in [0.2, 0.25) is 0 Å². The van der Waals surface area contributed by atoms with E-state index in [1.165, 1.54) is 5.56 Å². The van der Waals surface area contributed by atoms with Crippen LogP contribution in [0, 0.1) is 0 Å². The van der Waals surface area contributed by atoms with E-state index < -0.39 is 0 Å². The minimum absolute atomic E-state index is 0.0298. The molecule has 0 saturated carbocycles. The monoisotopic (exact) mass is 310 g/mol. The lowest BCUT2D eigenvalue weighted by atomic mass is 9.94. The van der Waals surface area contributed by atoms with Crippen molar-refractivity contribution < 1.29 is 4.79 Å². The van der Waals surface area contributed by atoms with Crippen LogP contribution in [0.5, 0.6) is 0 Å². The summed E-state index contributed by atoms with van der Waals surface area (Å²) in [5.41, 5.74) is 1.92. The highest BCUT2D eigenvalue weighted by Gasteiger charge is 2.28. The van der Waals surface area contributed by atoms with E-state index in [1.807, 2.05) is 67.5 Å². The third kappa shape index (κ3) is 4.93. The lowest BCUT2D eigenvalue weighted by Gasteiger charge is -2.31. The van der Waals surface area contributed by atoms with Crippen molar-refractivity contribution in [3.05, 3.63) is 71.8 Å². The lowest BCUT2D eigenvalue weighted by Crippen LogP contribution is -2.49. The second kappa shape index (κ2) is 7.42. The summed E-state index contributed by atoms with van der Waals surface area (Å²) >= 11 is 0. The molecule has 0 bridgehead atoms. The Morgan fingerprint density at radius 1 is 1.00 bits per heavy atom. The molecule has 0 fully saturated rings. The van der Waals surface area contributed by atoms with E-state index in [1.54, 1.807) is 0 Å². The van der Waals surface area contributed by atoms with Gasteiger partial charge in [-0.2, -0.15) is 0 Å². The number of nitrogens with zero attached hydrogens (tertiary/aromatic N) is 1. The number of rotatable bonds is 6. The summed E-state index contributed by atoms with van der Waals surface area (Å²) in [7, 11) is 3.86. The zero-order valence-corrected chi connectivity index (χ0v) is 14.4. The quantitative estimate of drug-likeness (QED) is 0.886. The first kappa shape index (κ1) is 17.2. The molecule has 0 spiro atoms. The molecular weight excluding hydrogens is 284 g/mol. The highest BCUT2D eigenvalue weighted by Crippen LogP contribution is 2.20. The maximum atomic E-state index is 12.8. The van der Waals surface area contributed by atoms with Gasteiger partial charge in [-0.3, -0.25) is 9.69 Å². The Labute approximate surface area is 139 Å². The van der Waals surface area contributed by atoms with Gasteiger partial charge in [-0.05, 0) is 45.5 Å². The Morgan fingerprint density at radius 3 is 2.04 bits per heavy atom. The third-order valence-electron chi connectivity index (χ3n) is 3.83. The molecule has 0 heterocycles. The summed E-state index contributed by atoms with van der Waals surface area (Å²) in [6.45, 7) is 4.13. The maximum absolute atomic E-state index is 12.8. The zero-order chi connectivity index (χ0) is 16.9. The average molecular weight is 310 g/mol. The summed E-state index contributed by atoms with van der Waals surface area (Å²) in [5.74, 6) is 0.0298. The minimum atomic E-state index is -0.304. The van der Waals surface area contributed by atoms with Crippen molar-refractivity contribution in [2.75, 3.05) is 14.1 Å². The van der Waals surface area contributed by atoms with E-state index in [0.29, 0.717) is 0 Å². The number of benzene rings is 2. The van der Waals surface area contributed by atoms with Gasteiger partial charge in [0, 0.05) is 5.54 Å². The number of amides is 1. The van der Waals surface area contributed by atoms with Crippen molar-refractivity contribution in [1.29, 1.82) is 0 Å². The maximum Gasteiger partial charge on any atom is 0.242 e. The zero-order valence-electron chi connectivity index (χ0n) is 14.4. The largest absolute Gasteiger partial charge is 0.349 e. The van der Waals surface area contributed by atoms with Crippen LogP contribution < -0.4 is 5.32 Å². The van der Waals surface area contributed by atoms with Crippen LogP contribution in [0.1, 0.15) is 31.0 Å². The van der Waals surface area contributed by atoms with Crippen molar-refractivity contribution in [1.82, 2.24) is 10.2 Å². The molecule has 1 unspecified atom stereocenters. The summed E-state index contributed by atoms with van der Waals surface area (Å²) in [5, 5.41) is 3.20. The summed E-state index contributed by atoms with van der Waals surface area (Å²) < 4.78 is 0. The molecule has 3 heteroatoms. The van der Waals surface area contributed by atoms with E-state index in [4.69, 9.17) is 0 Å². The van der Waals surface area contributed by atoms with Gasteiger partial charge >= 0.3 is 0 Å². The highest BCUT2D eigenvalue weighted by atomic mass is 16.2. The van der Waals surface area contributed by atoms with Crippen LogP contribution in [-0.4, -0.2) is 30.4 Å². The molecule has 0 saturated heterocycles. The Hall–Kier alpha value is -2.13. The topological polar surface area (TPSA) is 32.3 Å². The fourth-order valence-corrected chi connectivity index (χ4v) is 2.87. The van der Waals surface area contributed by atoms with Gasteiger partial charge in [0.15, 0.2) is 0 Å². The molecule has 0 aliphatic carbocycles. The molecule has 1 amide bonds. The molecule has 3 nitrogen and oxygen atoms in total. The molecule has 1 N–H and O–H groups in total. The van der Waals surface area contributed by atoms with Gasteiger partial charge in [-0.1, -0.05) is 60.7 Å². The van der Waals surface area contributed by atoms with E-state index >= 15 is 0 Å². The fourth-order valence-electron chi connectivity index (χ4n) is 2.87. The van der Waals surface area contributed by atoms with Crippen LogP contribution in [0.3, 0.4) is 0 Å². The number of hydrogen-bond acceptors (Lipinski definition) is 2. The highest BCUT2D eigenvalue weighted by molar-refractivity contribution is 5.83. The Kier molecular flexibility index (Phi) is 5.56. The molecule has 2 aromatic rings. The van der Waals surface area contributed by atoms with Crippen LogP contribution >= 0.6 is 0 Å². The average Bonchev–Trinajstić information content (AvgIpc) is 2.48. The predicted molar refractivity (Wildman–Crippen MR) is 95.2 cm³/mol. The standard InChI is InChI=1S/C20H26N2O/c1-20(2,15-16-11-7-5-8-12-16)21-19(23)18(22(3)4)17-13-9-6-10-14-17/h5-14,18H,15H2,1-4H3,(H,21,23). The molecule has 0 aliphatic heterocycles. The van der Waals surface area contributed by atoms with Gasteiger partial charge < -0.3 is 5.32 Å². The van der Waals surface area contributed by atoms with Crippen molar-refractivity contribution >= 4 is 5.91 Å². The van der Waals surface area contributed by atoms with Crippen LogP contribution in [0.4, 0.5) is 0 Å². The predicted octanol–water partition coefficient (Wildman–Crippen LogP) is 3.43. The summed E-state index contributed by atoms with van der Waals surface area (Å²) in [4.78, 5) is 14.8. The first-order valence-electron chi connectivity index (χ1n) is 7.96. The Balaban J connectivity index is 2.11. The lowest BCUT2D eigenvalue weighted by molar-refractivity contribution is -0.127. The molecule has 122 valence electrons. The van der Waals surface area contributed by atoms with Crippen molar-refractivity contribution in [2.24, 2.45) is 0 Å². The molecule has 0 aliphatic rings. The normalized spacial score (nSPS) is 12.9. The molecule has 0 aromatic heterocycles. The first-order chi connectivity index (χ1) is 10.9. The summed E-state index contributed by atoms with van der Waals surface area (Å²) in [6.07, 6.45) is 0.800. The van der Waals surface area contributed by atoms with E-state index in [-0.39, 0.29) is 17.5 Å². The molecule has 1 atom stereocenters. The SMILES string of the molecule is CN(C)C(C(=O)NC(C)(C)Cc1ccccc1)c1ccccc1. The van der Waals surface area contributed by atoms with Crippen molar-refractivity contribution in [3.63, 3.8) is 0 Å². The van der Waals surface area contributed by atoms with Gasteiger partial charge in [0.25, 0.3) is 0 Å². The second-order valence-corrected chi connectivity index (χ2v) is 6.81. The molecule has 2 aromatic carbocycles. The second-order valence-electron chi connectivity index (χ2n) is 6.81. The molecule has 23 heavy (non-hydrogen) atoms. The van der Waals surface area contributed by atoms with Gasteiger partial charge in [0.2, 0.25) is 5.91 Å². The van der Waals surface area contributed by atoms with E-state index in [9.17, 15) is 4.79 Å². The molecule has 0 radical (unpaired) electrons. The van der Waals surface area contributed by atoms with E-state index in [0.717, 1.165) is 12.0 Å². The first-order valence-corrected chi connectivity index (χ1v) is 7.96. The minimum Gasteiger partial charge on any atom is -0.349 e. The van der Waals surface area contributed by atoms with Crippen molar-refractivity contribution in [3.8, 4) is 0 Å². The molecular formula is C20H26N2O. The van der Waals surface area contributed by atoms with Crippen molar-refractivity contribution in [2.45, 2.75) is 31.8 Å². The molecule has 2 rings (SSSR count). The smallest absolute Gasteiger partial charge is 0.242 e. The fraction of sp³-hybridized carbons (Fsp3) is 0.350. The number of nitrogens with one attached hydrogen (secondary N) is 1. The Bertz CT molecular complexity index is 621. The van der Waals surface area contributed by atoms with Crippen LogP contribution in [0.15, 0.2) is 60.7 Å². The number of carbonyl (C=O) groups excluding carboxylic acids is 1. The van der Waals surface area contributed by atoms with Gasteiger partial charge in [-0.25, -0.2) is 0 Å². The van der Waals surface area contributed by atoms with Crippen LogP contribution in [0.25, 0.3) is 0 Å². The third-order valence-corrected chi connectivity index (χ3v) is 3.83. The van der Waals surface area contributed by atoms with Crippen LogP contribution in [-0.2, 0) is 11.2 Å².